The second-order valence-corrected chi connectivity index (χ2v) is 15.3. The van der Waals surface area contributed by atoms with E-state index in [1.807, 2.05) is 0 Å². The molecule has 0 saturated heterocycles. The number of ether oxygens (including phenoxy) is 1. The lowest BCUT2D eigenvalue weighted by atomic mass is 9.90. The predicted molar refractivity (Wildman–Crippen MR) is 251 cm³/mol. The largest absolute Gasteiger partial charge is 0.456 e. The molecule has 1 aliphatic heterocycles. The monoisotopic (exact) mass is 765 g/mol. The molecule has 0 amide bonds. The maximum Gasteiger partial charge on any atom is 0.137 e. The lowest BCUT2D eigenvalue weighted by molar-refractivity contribution is 0.488. The Hall–Kier alpha value is -7.94. The summed E-state index contributed by atoms with van der Waals surface area (Å²) in [5, 5.41) is 2.39. The van der Waals surface area contributed by atoms with E-state index in [0.717, 1.165) is 67.5 Å². The Kier molecular flexibility index (Phi) is 8.87. The maximum absolute atomic E-state index is 7.14. The highest BCUT2D eigenvalue weighted by atomic mass is 16.5. The van der Waals surface area contributed by atoms with E-state index in [1.54, 1.807) is 0 Å². The number of rotatable bonds is 7. The van der Waals surface area contributed by atoms with Crippen molar-refractivity contribution in [2.75, 3.05) is 4.90 Å². The zero-order valence-corrected chi connectivity index (χ0v) is 32.9. The van der Waals surface area contributed by atoms with Crippen molar-refractivity contribution in [1.82, 2.24) is 0 Å². The molecule has 0 aliphatic carbocycles. The van der Waals surface area contributed by atoms with Crippen molar-refractivity contribution in [3.05, 3.63) is 237 Å². The second kappa shape index (κ2) is 15.1. The van der Waals surface area contributed by atoms with Gasteiger partial charge in [-0.05, 0) is 121 Å². The summed E-state index contributed by atoms with van der Waals surface area (Å²) < 4.78 is 7.14. The van der Waals surface area contributed by atoms with Crippen LogP contribution in [-0.2, 0) is 0 Å². The van der Waals surface area contributed by atoms with E-state index in [1.165, 1.54) is 38.6 Å². The van der Waals surface area contributed by atoms with Crippen molar-refractivity contribution in [2.45, 2.75) is 0 Å². The third-order valence-corrected chi connectivity index (χ3v) is 11.7. The summed E-state index contributed by atoms with van der Waals surface area (Å²) in [6, 6.07) is 84.7. The summed E-state index contributed by atoms with van der Waals surface area (Å²) in [6.07, 6.45) is 0. The first-order chi connectivity index (χ1) is 29.7. The van der Waals surface area contributed by atoms with Crippen LogP contribution in [0.5, 0.6) is 11.5 Å². The van der Waals surface area contributed by atoms with E-state index in [9.17, 15) is 0 Å². The third-order valence-electron chi connectivity index (χ3n) is 11.7. The lowest BCUT2D eigenvalue weighted by Gasteiger charge is -2.27. The van der Waals surface area contributed by atoms with Crippen LogP contribution in [0.25, 0.3) is 77.5 Å². The summed E-state index contributed by atoms with van der Waals surface area (Å²) >= 11 is 0. The molecule has 10 aromatic rings. The van der Waals surface area contributed by atoms with Crippen molar-refractivity contribution in [3.63, 3.8) is 0 Å². The van der Waals surface area contributed by atoms with Crippen molar-refractivity contribution in [2.24, 2.45) is 0 Å². The van der Waals surface area contributed by atoms with E-state index in [-0.39, 0.29) is 0 Å². The summed E-state index contributed by atoms with van der Waals surface area (Å²) in [4.78, 5) is 2.34. The van der Waals surface area contributed by atoms with Gasteiger partial charge in [0.15, 0.2) is 0 Å². The summed E-state index contributed by atoms with van der Waals surface area (Å²) in [5.41, 5.74) is 16.9. The predicted octanol–water partition coefficient (Wildman–Crippen LogP) is 16.4. The van der Waals surface area contributed by atoms with E-state index < -0.39 is 0 Å². The molecule has 2 heteroatoms. The number of benzene rings is 10. The Morgan fingerprint density at radius 3 is 1.28 bits per heavy atom. The Labute approximate surface area is 350 Å². The average Bonchev–Trinajstić information content (AvgIpc) is 3.46. The average molecular weight is 766 g/mol. The summed E-state index contributed by atoms with van der Waals surface area (Å²) in [6.45, 7) is 0. The molecule has 1 heterocycles. The molecule has 282 valence electrons. The highest BCUT2D eigenvalue weighted by molar-refractivity contribution is 5.96. The van der Waals surface area contributed by atoms with Gasteiger partial charge in [0.25, 0.3) is 0 Å². The number of anilines is 3. The van der Waals surface area contributed by atoms with Crippen LogP contribution in [0, 0.1) is 0 Å². The highest BCUT2D eigenvalue weighted by Gasteiger charge is 2.24. The number of nitrogens with zero attached hydrogens (tertiary/aromatic N) is 1. The Morgan fingerprint density at radius 2 is 0.633 bits per heavy atom. The zero-order chi connectivity index (χ0) is 39.8. The van der Waals surface area contributed by atoms with Crippen LogP contribution in [0.4, 0.5) is 17.1 Å². The highest BCUT2D eigenvalue weighted by Crippen LogP contribution is 2.51. The van der Waals surface area contributed by atoms with Crippen molar-refractivity contribution >= 4 is 27.8 Å². The molecule has 1 aliphatic rings. The number of hydrogen-bond acceptors (Lipinski definition) is 2. The summed E-state index contributed by atoms with van der Waals surface area (Å²) in [7, 11) is 0. The SMILES string of the molecule is c1ccc(-c2ccc(-c3ccc4c(c3)-c3ccc(N(c5ccc(-c6ccccc6)cc5)c5ccc6ccccc6c5)cc3Oc3cc(-c5ccccc5)ccc3-4)cc2)cc1. The first kappa shape index (κ1) is 35.2. The van der Waals surface area contributed by atoms with Crippen molar-refractivity contribution < 1.29 is 4.74 Å². The van der Waals surface area contributed by atoms with Gasteiger partial charge in [-0.25, -0.2) is 0 Å². The minimum atomic E-state index is 0.806. The zero-order valence-electron chi connectivity index (χ0n) is 32.9. The van der Waals surface area contributed by atoms with Gasteiger partial charge in [0.05, 0.1) is 0 Å². The molecule has 10 aromatic carbocycles. The normalized spacial score (nSPS) is 11.5. The molecule has 11 rings (SSSR count). The smallest absolute Gasteiger partial charge is 0.137 e. The molecule has 60 heavy (non-hydrogen) atoms. The first-order valence-corrected chi connectivity index (χ1v) is 20.5. The van der Waals surface area contributed by atoms with Gasteiger partial charge in [-0.1, -0.05) is 176 Å². The van der Waals surface area contributed by atoms with Crippen LogP contribution in [-0.4, -0.2) is 0 Å². The molecular formula is C58H39NO. The molecule has 0 atom stereocenters. The first-order valence-electron chi connectivity index (χ1n) is 20.5. The molecule has 0 aromatic heterocycles. The lowest BCUT2D eigenvalue weighted by Crippen LogP contribution is -2.10. The molecule has 0 fully saturated rings. The molecule has 0 radical (unpaired) electrons. The van der Waals surface area contributed by atoms with E-state index >= 15 is 0 Å². The van der Waals surface area contributed by atoms with Gasteiger partial charge in [0.1, 0.15) is 11.5 Å². The standard InChI is InChI=1S/C58H39NO/c1-4-12-40(13-5-1)44-20-22-46(23-21-44)48-27-33-53-54-34-28-49(42-16-8-3-9-17-42)38-57(54)60-58-39-52(32-35-55(58)56(53)37-48)59(51-31-26-43-18-10-11-19-47(43)36-51)50-29-24-45(25-30-50)41-14-6-2-7-15-41/h1-39H. The number of fused-ring (bicyclic) bond motifs is 6. The topological polar surface area (TPSA) is 12.5 Å². The van der Waals surface area contributed by atoms with Crippen molar-refractivity contribution in [1.29, 1.82) is 0 Å². The van der Waals surface area contributed by atoms with E-state index in [0.29, 0.717) is 0 Å². The van der Waals surface area contributed by atoms with Gasteiger partial charge in [-0.3, -0.25) is 0 Å². The van der Waals surface area contributed by atoms with Gasteiger partial charge < -0.3 is 9.64 Å². The van der Waals surface area contributed by atoms with E-state index in [4.69, 9.17) is 4.74 Å². The Morgan fingerprint density at radius 1 is 0.233 bits per heavy atom. The number of hydrogen-bond donors (Lipinski definition) is 0. The third kappa shape index (κ3) is 6.61. The van der Waals surface area contributed by atoms with Gasteiger partial charge in [0.2, 0.25) is 0 Å². The Bertz CT molecular complexity index is 3140. The minimum Gasteiger partial charge on any atom is -0.456 e. The molecule has 0 spiro atoms. The molecule has 0 unspecified atom stereocenters. The van der Waals surface area contributed by atoms with Crippen molar-refractivity contribution in [3.8, 4) is 78.3 Å². The second-order valence-electron chi connectivity index (χ2n) is 15.3. The minimum absolute atomic E-state index is 0.806. The molecule has 0 N–H and O–H groups in total. The van der Waals surface area contributed by atoms with Crippen LogP contribution in [0.2, 0.25) is 0 Å². The van der Waals surface area contributed by atoms with Crippen LogP contribution in [0.15, 0.2) is 237 Å². The maximum atomic E-state index is 7.14. The summed E-state index contributed by atoms with van der Waals surface area (Å²) in [5.74, 6) is 1.64. The molecule has 0 bridgehead atoms. The van der Waals surface area contributed by atoms with Gasteiger partial charge in [-0.15, -0.1) is 0 Å². The fourth-order valence-electron chi connectivity index (χ4n) is 8.58. The van der Waals surface area contributed by atoms with Crippen LogP contribution >= 0.6 is 0 Å². The van der Waals surface area contributed by atoms with Crippen LogP contribution < -0.4 is 9.64 Å². The quantitative estimate of drug-likeness (QED) is 0.160. The fourth-order valence-corrected chi connectivity index (χ4v) is 8.58. The van der Waals surface area contributed by atoms with Gasteiger partial charge in [-0.2, -0.15) is 0 Å². The molecule has 0 saturated carbocycles. The molecule has 2 nitrogen and oxygen atoms in total. The van der Waals surface area contributed by atoms with Crippen LogP contribution in [0.1, 0.15) is 0 Å². The van der Waals surface area contributed by atoms with Gasteiger partial charge >= 0.3 is 0 Å². The molecular weight excluding hydrogens is 727 g/mol. The van der Waals surface area contributed by atoms with E-state index in [2.05, 4.69) is 241 Å². The Balaban J connectivity index is 1.07. The van der Waals surface area contributed by atoms with Crippen LogP contribution in [0.3, 0.4) is 0 Å². The fraction of sp³-hybridized carbons (Fsp3) is 0. The van der Waals surface area contributed by atoms with Gasteiger partial charge in [0, 0.05) is 34.3 Å².